The van der Waals surface area contributed by atoms with Crippen molar-refractivity contribution in [1.29, 1.82) is 0 Å². The lowest BCUT2D eigenvalue weighted by Gasteiger charge is -2.34. The number of hydrogen-bond donors (Lipinski definition) is 2. The van der Waals surface area contributed by atoms with Crippen molar-refractivity contribution in [3.8, 4) is 18.1 Å². The van der Waals surface area contributed by atoms with E-state index in [1.807, 2.05) is 0 Å². The summed E-state index contributed by atoms with van der Waals surface area (Å²) >= 11 is 0.760. The second-order valence-electron chi connectivity index (χ2n) is 8.32. The second kappa shape index (κ2) is 8.51. The van der Waals surface area contributed by atoms with E-state index >= 15 is 0 Å². The lowest BCUT2D eigenvalue weighted by molar-refractivity contribution is 0.102. The number of halogens is 4. The van der Waals surface area contributed by atoms with Crippen molar-refractivity contribution in [2.45, 2.75) is 37.0 Å². The molecule has 178 valence electrons. The fourth-order valence-electron chi connectivity index (χ4n) is 4.32. The van der Waals surface area contributed by atoms with Crippen LogP contribution in [0.2, 0.25) is 0 Å². The van der Waals surface area contributed by atoms with Crippen molar-refractivity contribution >= 4 is 28.5 Å². The van der Waals surface area contributed by atoms with Gasteiger partial charge in [-0.2, -0.15) is 0 Å². The van der Waals surface area contributed by atoms with Crippen LogP contribution in [0.1, 0.15) is 35.0 Å². The van der Waals surface area contributed by atoms with Crippen LogP contribution in [0.4, 0.5) is 23.2 Å². The molecular weight excluding hydrogens is 472 g/mol. The van der Waals surface area contributed by atoms with E-state index in [9.17, 15) is 22.4 Å². The highest BCUT2D eigenvalue weighted by molar-refractivity contribution is 8.15. The summed E-state index contributed by atoms with van der Waals surface area (Å²) in [4.78, 5) is 21.1. The molecule has 1 aliphatic heterocycles. The maximum Gasteiger partial charge on any atom is 0.274 e. The first kappa shape index (κ1) is 23.9. The number of fused-ring (bicyclic) bond motifs is 1. The SMILES string of the molecule is C#CCOc1cnc(C(=O)Nc2cc(F)c(F)c([C@@]3(C)N=C(N)S[C@@]4(C(F)F)C[C@@H]34)c2)c(C)c1. The average molecular weight is 492 g/mol. The van der Waals surface area contributed by atoms with Gasteiger partial charge in [0.2, 0.25) is 0 Å². The number of benzene rings is 1. The van der Waals surface area contributed by atoms with Crippen LogP contribution >= 0.6 is 11.8 Å². The lowest BCUT2D eigenvalue weighted by atomic mass is 9.85. The maximum atomic E-state index is 14.9. The molecule has 2 aromatic rings. The minimum absolute atomic E-state index is 0.0285. The Morgan fingerprint density at radius 3 is 2.79 bits per heavy atom. The topological polar surface area (TPSA) is 89.6 Å². The minimum Gasteiger partial charge on any atom is -0.479 e. The van der Waals surface area contributed by atoms with Gasteiger partial charge in [-0.25, -0.2) is 22.5 Å². The molecule has 3 N–H and O–H groups in total. The first-order valence-corrected chi connectivity index (χ1v) is 11.0. The van der Waals surface area contributed by atoms with Crippen LogP contribution < -0.4 is 15.8 Å². The predicted molar refractivity (Wildman–Crippen MR) is 121 cm³/mol. The number of pyridine rings is 1. The zero-order chi connectivity index (χ0) is 24.8. The number of aryl methyl sites for hydroxylation is 1. The predicted octanol–water partition coefficient (Wildman–Crippen LogP) is 4.23. The van der Waals surface area contributed by atoms with Crippen molar-refractivity contribution in [2.75, 3.05) is 11.9 Å². The summed E-state index contributed by atoms with van der Waals surface area (Å²) in [6.07, 6.45) is 3.79. The number of amidine groups is 1. The number of nitrogens with one attached hydrogen (secondary N) is 1. The van der Waals surface area contributed by atoms with Crippen molar-refractivity contribution in [1.82, 2.24) is 4.98 Å². The number of aromatic nitrogens is 1. The quantitative estimate of drug-likeness (QED) is 0.465. The number of alkyl halides is 2. The molecule has 2 aliphatic rings. The lowest BCUT2D eigenvalue weighted by Crippen LogP contribution is -2.39. The molecule has 1 aliphatic carbocycles. The molecule has 2 heterocycles. The Bertz CT molecular complexity index is 1250. The molecule has 1 saturated carbocycles. The van der Waals surface area contributed by atoms with Gasteiger partial charge in [-0.1, -0.05) is 17.7 Å². The average Bonchev–Trinajstić information content (AvgIpc) is 3.51. The fraction of sp³-hybridized carbons (Fsp3) is 0.348. The Balaban J connectivity index is 1.65. The third-order valence-electron chi connectivity index (χ3n) is 6.06. The fourth-order valence-corrected chi connectivity index (χ4v) is 5.65. The molecule has 1 aromatic heterocycles. The molecule has 1 amide bonds. The van der Waals surface area contributed by atoms with Gasteiger partial charge >= 0.3 is 0 Å². The van der Waals surface area contributed by atoms with Crippen molar-refractivity contribution in [3.63, 3.8) is 0 Å². The van der Waals surface area contributed by atoms with E-state index in [-0.39, 0.29) is 35.1 Å². The third-order valence-corrected chi connectivity index (χ3v) is 7.37. The van der Waals surface area contributed by atoms with E-state index < -0.39 is 40.2 Å². The Labute approximate surface area is 197 Å². The molecular formula is C23H20F4N4O2S. The van der Waals surface area contributed by atoms with Gasteiger partial charge in [0, 0.05) is 23.2 Å². The molecule has 4 rings (SSSR count). The minimum atomic E-state index is -2.71. The number of hydrogen-bond acceptors (Lipinski definition) is 6. The zero-order valence-corrected chi connectivity index (χ0v) is 19.0. The molecule has 0 spiro atoms. The van der Waals surface area contributed by atoms with Crippen molar-refractivity contribution in [2.24, 2.45) is 16.6 Å². The van der Waals surface area contributed by atoms with Crippen LogP contribution in [0.15, 0.2) is 29.4 Å². The van der Waals surface area contributed by atoms with E-state index in [1.165, 1.54) is 19.2 Å². The number of nitrogens with two attached hydrogens (primary N) is 1. The van der Waals surface area contributed by atoms with E-state index in [1.54, 1.807) is 13.0 Å². The largest absolute Gasteiger partial charge is 0.479 e. The number of carbonyl (C=O) groups excluding carboxylic acids is 1. The number of terminal acetylenes is 1. The highest BCUT2D eigenvalue weighted by atomic mass is 32.2. The third kappa shape index (κ3) is 3.96. The van der Waals surface area contributed by atoms with Gasteiger partial charge in [0.05, 0.1) is 16.5 Å². The van der Waals surface area contributed by atoms with E-state index in [0.717, 1.165) is 17.8 Å². The van der Waals surface area contributed by atoms with Gasteiger partial charge in [-0.3, -0.25) is 9.79 Å². The first-order chi connectivity index (χ1) is 16.0. The zero-order valence-electron chi connectivity index (χ0n) is 18.2. The van der Waals surface area contributed by atoms with Gasteiger partial charge < -0.3 is 15.8 Å². The summed E-state index contributed by atoms with van der Waals surface area (Å²) in [5.74, 6) is -1.24. The summed E-state index contributed by atoms with van der Waals surface area (Å²) in [7, 11) is 0. The van der Waals surface area contributed by atoms with E-state index in [2.05, 4.69) is 21.2 Å². The molecule has 6 nitrogen and oxygen atoms in total. The molecule has 0 saturated heterocycles. The van der Waals surface area contributed by atoms with Crippen molar-refractivity contribution in [3.05, 3.63) is 52.9 Å². The number of aliphatic imine (C=N–C) groups is 1. The number of anilines is 1. The van der Waals surface area contributed by atoms with E-state index in [0.29, 0.717) is 11.3 Å². The normalized spacial score (nSPS) is 25.2. The van der Waals surface area contributed by atoms with Gasteiger partial charge in [0.25, 0.3) is 12.3 Å². The molecule has 1 fully saturated rings. The van der Waals surface area contributed by atoms with Crippen LogP contribution in [-0.4, -0.2) is 33.8 Å². The maximum absolute atomic E-state index is 14.9. The monoisotopic (exact) mass is 492 g/mol. The van der Waals surface area contributed by atoms with Gasteiger partial charge in [-0.15, -0.1) is 6.42 Å². The van der Waals surface area contributed by atoms with Crippen LogP contribution in [-0.2, 0) is 5.54 Å². The summed E-state index contributed by atoms with van der Waals surface area (Å²) in [6, 6.07) is 3.56. The molecule has 0 radical (unpaired) electrons. The smallest absolute Gasteiger partial charge is 0.274 e. The van der Waals surface area contributed by atoms with Crippen molar-refractivity contribution < 1.29 is 27.1 Å². The van der Waals surface area contributed by atoms with Gasteiger partial charge in [0.1, 0.15) is 18.1 Å². The summed E-state index contributed by atoms with van der Waals surface area (Å²) < 4.78 is 60.7. The van der Waals surface area contributed by atoms with Crippen LogP contribution in [0.25, 0.3) is 0 Å². The standard InChI is InChI=1S/C23H20F4N4O2S/c1-4-5-33-13-6-11(2)18(29-10-13)19(32)30-12-7-14(17(25)15(24)8-12)22(3)16-9-23(16,20(26)27)34-21(28)31-22/h1,6-8,10,16,20H,5,9H2,2-3H3,(H2,28,31)(H,30,32)/t16-,22+,23-/m0/s1. The van der Waals surface area contributed by atoms with Crippen LogP contribution in [0, 0.1) is 36.8 Å². The van der Waals surface area contributed by atoms with Crippen LogP contribution in [0.5, 0.6) is 5.75 Å². The number of nitrogens with zero attached hydrogens (tertiary/aromatic N) is 2. The molecule has 11 heteroatoms. The number of thioether (sulfide) groups is 1. The van der Waals surface area contributed by atoms with E-state index in [4.69, 9.17) is 16.9 Å². The molecule has 34 heavy (non-hydrogen) atoms. The van der Waals surface area contributed by atoms with Crippen LogP contribution in [0.3, 0.4) is 0 Å². The summed E-state index contributed by atoms with van der Waals surface area (Å²) in [6.45, 7) is 3.09. The number of amides is 1. The van der Waals surface area contributed by atoms with Gasteiger partial charge in [-0.05, 0) is 38.0 Å². The Morgan fingerprint density at radius 2 is 2.15 bits per heavy atom. The summed E-state index contributed by atoms with van der Waals surface area (Å²) in [5, 5.41) is 2.36. The molecule has 0 unspecified atom stereocenters. The molecule has 3 atom stereocenters. The number of rotatable bonds is 6. The number of carbonyl (C=O) groups is 1. The van der Waals surface area contributed by atoms with Gasteiger partial charge in [0.15, 0.2) is 16.8 Å². The Hall–Kier alpha value is -3.26. The summed E-state index contributed by atoms with van der Waals surface area (Å²) in [5.41, 5.74) is 4.42. The highest BCUT2D eigenvalue weighted by Crippen LogP contribution is 2.68. The first-order valence-electron chi connectivity index (χ1n) is 10.2. The Kier molecular flexibility index (Phi) is 5.97. The number of ether oxygens (including phenoxy) is 1. The molecule has 0 bridgehead atoms. The second-order valence-corrected chi connectivity index (χ2v) is 9.70. The molecule has 1 aromatic carbocycles. The Morgan fingerprint density at radius 1 is 1.41 bits per heavy atom. The highest BCUT2D eigenvalue weighted by Gasteiger charge is 2.71.